The number of anilines is 2. The normalized spacial score (nSPS) is 18.5. The van der Waals surface area contributed by atoms with Gasteiger partial charge < -0.3 is 10.6 Å². The van der Waals surface area contributed by atoms with Crippen LogP contribution in [0.5, 0.6) is 0 Å². The molecule has 0 radical (unpaired) electrons. The quantitative estimate of drug-likeness (QED) is 0.791. The predicted molar refractivity (Wildman–Crippen MR) is 65.8 cm³/mol. The molecule has 1 aliphatic heterocycles. The third-order valence-electron chi connectivity index (χ3n) is 2.60. The zero-order valence-corrected chi connectivity index (χ0v) is 9.25. The van der Waals surface area contributed by atoms with Gasteiger partial charge in [-0.3, -0.25) is 4.79 Å². The lowest BCUT2D eigenvalue weighted by Gasteiger charge is -2.24. The average molecular weight is 230 g/mol. The van der Waals surface area contributed by atoms with Crippen molar-refractivity contribution in [3.05, 3.63) is 47.3 Å². The van der Waals surface area contributed by atoms with E-state index in [1.54, 1.807) is 0 Å². The zero-order valence-electron chi connectivity index (χ0n) is 8.44. The summed E-state index contributed by atoms with van der Waals surface area (Å²) in [6.07, 6.45) is 0. The van der Waals surface area contributed by atoms with E-state index in [4.69, 9.17) is 0 Å². The fourth-order valence-corrected chi connectivity index (χ4v) is 2.56. The van der Waals surface area contributed by atoms with Gasteiger partial charge in [0.1, 0.15) is 11.0 Å². The molecule has 2 N–H and O–H groups in total. The maximum Gasteiger partial charge on any atom is 0.252 e. The Bertz CT molecular complexity index is 521. The van der Waals surface area contributed by atoms with Crippen molar-refractivity contribution in [3.8, 4) is 0 Å². The van der Waals surface area contributed by atoms with Crippen LogP contribution in [0, 0.1) is 0 Å². The van der Waals surface area contributed by atoms with Crippen molar-refractivity contribution >= 4 is 27.9 Å². The predicted octanol–water partition coefficient (Wildman–Crippen LogP) is 2.85. The van der Waals surface area contributed by atoms with Gasteiger partial charge in [0.15, 0.2) is 0 Å². The maximum atomic E-state index is 11.9. The Kier molecular flexibility index (Phi) is 2.15. The zero-order chi connectivity index (χ0) is 11.0. The second-order valence-corrected chi connectivity index (χ2v) is 4.56. The van der Waals surface area contributed by atoms with Gasteiger partial charge in [0.25, 0.3) is 5.91 Å². The van der Waals surface area contributed by atoms with Crippen molar-refractivity contribution in [1.82, 2.24) is 0 Å². The van der Waals surface area contributed by atoms with Gasteiger partial charge in [0, 0.05) is 0 Å². The second kappa shape index (κ2) is 3.64. The van der Waals surface area contributed by atoms with Crippen molar-refractivity contribution in [2.45, 2.75) is 6.04 Å². The summed E-state index contributed by atoms with van der Waals surface area (Å²) in [6, 6.07) is 11.4. The molecule has 0 bridgehead atoms. The minimum absolute atomic E-state index is 0.00106. The summed E-state index contributed by atoms with van der Waals surface area (Å²) < 4.78 is 0. The third kappa shape index (κ3) is 1.47. The maximum absolute atomic E-state index is 11.9. The SMILES string of the molecule is O=C1Nc2sccc2NC1c1ccccc1. The van der Waals surface area contributed by atoms with Gasteiger partial charge in [-0.05, 0) is 17.0 Å². The van der Waals surface area contributed by atoms with Gasteiger partial charge in [0.2, 0.25) is 0 Å². The van der Waals surface area contributed by atoms with Crippen LogP contribution in [0.3, 0.4) is 0 Å². The highest BCUT2D eigenvalue weighted by Gasteiger charge is 2.27. The lowest BCUT2D eigenvalue weighted by molar-refractivity contribution is -0.117. The highest BCUT2D eigenvalue weighted by atomic mass is 32.1. The summed E-state index contributed by atoms with van der Waals surface area (Å²) in [5, 5.41) is 9.01. The van der Waals surface area contributed by atoms with E-state index in [1.807, 2.05) is 41.8 Å². The van der Waals surface area contributed by atoms with Crippen LogP contribution in [0.25, 0.3) is 0 Å². The van der Waals surface area contributed by atoms with Crippen LogP contribution in [0.15, 0.2) is 41.8 Å². The van der Waals surface area contributed by atoms with Crippen LogP contribution in [0.4, 0.5) is 10.7 Å². The Morgan fingerprint density at radius 2 is 1.94 bits per heavy atom. The number of hydrogen-bond donors (Lipinski definition) is 2. The molecule has 1 aromatic carbocycles. The Balaban J connectivity index is 1.97. The average Bonchev–Trinajstić information content (AvgIpc) is 2.76. The number of amides is 1. The monoisotopic (exact) mass is 230 g/mol. The first-order chi connectivity index (χ1) is 7.84. The van der Waals surface area contributed by atoms with E-state index < -0.39 is 0 Å². The summed E-state index contributed by atoms with van der Waals surface area (Å²) in [4.78, 5) is 11.9. The molecule has 0 fully saturated rings. The molecule has 1 unspecified atom stereocenters. The van der Waals surface area contributed by atoms with E-state index in [0.29, 0.717) is 0 Å². The molecule has 3 rings (SSSR count). The highest BCUT2D eigenvalue weighted by molar-refractivity contribution is 7.15. The van der Waals surface area contributed by atoms with Crippen LogP contribution in [-0.2, 0) is 4.79 Å². The fraction of sp³-hybridized carbons (Fsp3) is 0.0833. The van der Waals surface area contributed by atoms with E-state index >= 15 is 0 Å². The number of rotatable bonds is 1. The first-order valence-electron chi connectivity index (χ1n) is 5.04. The van der Waals surface area contributed by atoms with Crippen molar-refractivity contribution in [3.63, 3.8) is 0 Å². The van der Waals surface area contributed by atoms with Crippen LogP contribution >= 0.6 is 11.3 Å². The molecule has 1 amide bonds. The molecule has 16 heavy (non-hydrogen) atoms. The Hall–Kier alpha value is -1.81. The molecule has 2 aromatic rings. The topological polar surface area (TPSA) is 41.1 Å². The molecular formula is C12H10N2OS. The van der Waals surface area contributed by atoms with Crippen molar-refractivity contribution in [2.75, 3.05) is 10.6 Å². The molecule has 1 aliphatic rings. The number of carbonyl (C=O) groups excluding carboxylic acids is 1. The molecule has 1 atom stereocenters. The van der Waals surface area contributed by atoms with Gasteiger partial charge in [-0.1, -0.05) is 30.3 Å². The summed E-state index contributed by atoms with van der Waals surface area (Å²) in [7, 11) is 0. The van der Waals surface area contributed by atoms with Crippen LogP contribution in [0.1, 0.15) is 11.6 Å². The fourth-order valence-electron chi connectivity index (χ4n) is 1.81. The van der Waals surface area contributed by atoms with Crippen LogP contribution in [-0.4, -0.2) is 5.91 Å². The minimum Gasteiger partial charge on any atom is -0.368 e. The van der Waals surface area contributed by atoms with E-state index in [2.05, 4.69) is 10.6 Å². The third-order valence-corrected chi connectivity index (χ3v) is 3.43. The van der Waals surface area contributed by atoms with Crippen LogP contribution < -0.4 is 10.6 Å². The Labute approximate surface area is 97.1 Å². The molecule has 2 heterocycles. The lowest BCUT2D eigenvalue weighted by atomic mass is 10.0. The molecular weight excluding hydrogens is 220 g/mol. The highest BCUT2D eigenvalue weighted by Crippen LogP contribution is 2.36. The number of hydrogen-bond acceptors (Lipinski definition) is 3. The Morgan fingerprint density at radius 3 is 2.75 bits per heavy atom. The number of nitrogens with one attached hydrogen (secondary N) is 2. The molecule has 4 heteroatoms. The van der Waals surface area contributed by atoms with E-state index in [1.165, 1.54) is 11.3 Å². The summed E-state index contributed by atoms with van der Waals surface area (Å²) in [6.45, 7) is 0. The number of carbonyl (C=O) groups is 1. The first kappa shape index (κ1) is 9.42. The van der Waals surface area contributed by atoms with Gasteiger partial charge in [-0.2, -0.15) is 0 Å². The van der Waals surface area contributed by atoms with E-state index in [9.17, 15) is 4.79 Å². The summed E-state index contributed by atoms with van der Waals surface area (Å²) >= 11 is 1.53. The number of thiophene rings is 1. The minimum atomic E-state index is -0.289. The number of fused-ring (bicyclic) bond motifs is 1. The largest absolute Gasteiger partial charge is 0.368 e. The molecule has 0 spiro atoms. The molecule has 80 valence electrons. The molecule has 1 aromatic heterocycles. The molecule has 0 saturated heterocycles. The van der Waals surface area contributed by atoms with Crippen LogP contribution in [0.2, 0.25) is 0 Å². The van der Waals surface area contributed by atoms with E-state index in [-0.39, 0.29) is 11.9 Å². The molecule has 0 aliphatic carbocycles. The summed E-state index contributed by atoms with van der Waals surface area (Å²) in [5.41, 5.74) is 1.98. The van der Waals surface area contributed by atoms with Gasteiger partial charge in [0.05, 0.1) is 5.69 Å². The van der Waals surface area contributed by atoms with Crippen molar-refractivity contribution < 1.29 is 4.79 Å². The smallest absolute Gasteiger partial charge is 0.252 e. The van der Waals surface area contributed by atoms with Crippen molar-refractivity contribution in [1.29, 1.82) is 0 Å². The second-order valence-electron chi connectivity index (χ2n) is 3.64. The first-order valence-corrected chi connectivity index (χ1v) is 5.92. The van der Waals surface area contributed by atoms with Gasteiger partial charge in [-0.25, -0.2) is 0 Å². The molecule has 0 saturated carbocycles. The lowest BCUT2D eigenvalue weighted by Crippen LogP contribution is -2.30. The Morgan fingerprint density at radius 1 is 1.12 bits per heavy atom. The number of benzene rings is 1. The van der Waals surface area contributed by atoms with E-state index in [0.717, 1.165) is 16.3 Å². The van der Waals surface area contributed by atoms with Crippen molar-refractivity contribution in [2.24, 2.45) is 0 Å². The van der Waals surface area contributed by atoms with Gasteiger partial charge >= 0.3 is 0 Å². The molecule has 3 nitrogen and oxygen atoms in total. The van der Waals surface area contributed by atoms with Gasteiger partial charge in [-0.15, -0.1) is 11.3 Å². The standard InChI is InChI=1S/C12H10N2OS/c15-11-10(8-4-2-1-3-5-8)13-9-6-7-16-12(9)14-11/h1-7,10,13H,(H,14,15). The summed E-state index contributed by atoms with van der Waals surface area (Å²) in [5.74, 6) is 0.00106.